The van der Waals surface area contributed by atoms with Gasteiger partial charge in [-0.15, -0.1) is 0 Å². The van der Waals surface area contributed by atoms with Gasteiger partial charge < -0.3 is 14.6 Å². The molecule has 3 aromatic carbocycles. The second-order valence-corrected chi connectivity index (χ2v) is 10.4. The minimum Gasteiger partial charge on any atom is -0.507 e. The van der Waals surface area contributed by atoms with E-state index in [4.69, 9.17) is 9.47 Å². The number of hydrogen-bond donors (Lipinski definition) is 1. The molecule has 0 unspecified atom stereocenters. The first-order valence-corrected chi connectivity index (χ1v) is 13.2. The minimum absolute atomic E-state index is 0.00803. The van der Waals surface area contributed by atoms with Crippen LogP contribution in [0.5, 0.6) is 11.5 Å². The number of aromatic nitrogens is 1. The van der Waals surface area contributed by atoms with Gasteiger partial charge in [0.15, 0.2) is 5.13 Å². The lowest BCUT2D eigenvalue weighted by molar-refractivity contribution is -0.132. The lowest BCUT2D eigenvalue weighted by Gasteiger charge is -2.23. The van der Waals surface area contributed by atoms with E-state index in [1.807, 2.05) is 6.92 Å². The number of aliphatic hydroxyl groups is 1. The number of hydrogen-bond acceptors (Lipinski definition) is 7. The number of nitrogens with zero attached hydrogens (tertiary/aromatic N) is 2. The zero-order valence-electron chi connectivity index (χ0n) is 20.9. The molecule has 0 bridgehead atoms. The van der Waals surface area contributed by atoms with Gasteiger partial charge in [-0.1, -0.05) is 36.1 Å². The number of amides is 1. The van der Waals surface area contributed by atoms with Crippen LogP contribution in [-0.4, -0.2) is 34.5 Å². The molecule has 1 amide bonds. The number of halogens is 1. The average molecular weight is 543 g/mol. The smallest absolute Gasteiger partial charge is 0.301 e. The molecule has 0 aliphatic carbocycles. The summed E-state index contributed by atoms with van der Waals surface area (Å²) in [6, 6.07) is 15.3. The molecule has 3 heterocycles. The van der Waals surface area contributed by atoms with Crippen molar-refractivity contribution in [1.29, 1.82) is 0 Å². The van der Waals surface area contributed by atoms with E-state index >= 15 is 0 Å². The molecule has 7 nitrogen and oxygen atoms in total. The first-order chi connectivity index (χ1) is 18.8. The van der Waals surface area contributed by atoms with Gasteiger partial charge in [-0.25, -0.2) is 9.37 Å². The number of rotatable bonds is 6. The predicted molar refractivity (Wildman–Crippen MR) is 147 cm³/mol. The summed E-state index contributed by atoms with van der Waals surface area (Å²) < 4.78 is 25.8. The molecule has 1 aromatic heterocycles. The van der Waals surface area contributed by atoms with Gasteiger partial charge in [0, 0.05) is 12.0 Å². The van der Waals surface area contributed by atoms with Crippen LogP contribution < -0.4 is 14.4 Å². The lowest BCUT2D eigenvalue weighted by Crippen LogP contribution is -2.29. The number of anilines is 1. The molecule has 39 heavy (non-hydrogen) atoms. The molecule has 2 aliphatic heterocycles. The van der Waals surface area contributed by atoms with E-state index in [1.54, 1.807) is 48.5 Å². The molecule has 9 heteroatoms. The summed E-state index contributed by atoms with van der Waals surface area (Å²) in [4.78, 5) is 32.8. The van der Waals surface area contributed by atoms with Crippen LogP contribution >= 0.6 is 11.3 Å². The summed E-state index contributed by atoms with van der Waals surface area (Å²) in [6.45, 7) is 5.92. The maximum absolute atomic E-state index is 13.9. The van der Waals surface area contributed by atoms with Gasteiger partial charge in [0.1, 0.15) is 35.8 Å². The van der Waals surface area contributed by atoms with Crippen LogP contribution in [-0.2, 0) is 16.0 Å². The highest BCUT2D eigenvalue weighted by molar-refractivity contribution is 7.22. The number of fused-ring (bicyclic) bond motifs is 2. The third-order valence-electron chi connectivity index (χ3n) is 6.72. The second kappa shape index (κ2) is 9.67. The zero-order valence-corrected chi connectivity index (χ0v) is 21.7. The molecule has 0 saturated carbocycles. The number of Topliss-reactive ketones (excluding diaryl/α,β-unsaturated/α-hetero) is 1. The van der Waals surface area contributed by atoms with Crippen LogP contribution in [0.1, 0.15) is 29.7 Å². The monoisotopic (exact) mass is 542 g/mol. The minimum atomic E-state index is -0.965. The van der Waals surface area contributed by atoms with Gasteiger partial charge in [-0.05, 0) is 66.6 Å². The highest BCUT2D eigenvalue weighted by Gasteiger charge is 2.48. The van der Waals surface area contributed by atoms with Crippen molar-refractivity contribution >= 4 is 44.1 Å². The summed E-state index contributed by atoms with van der Waals surface area (Å²) in [7, 11) is 0. The van der Waals surface area contributed by atoms with E-state index < -0.39 is 23.5 Å². The third-order valence-corrected chi connectivity index (χ3v) is 7.74. The van der Waals surface area contributed by atoms with E-state index in [1.165, 1.54) is 23.1 Å². The van der Waals surface area contributed by atoms with Crippen LogP contribution in [0, 0.1) is 5.82 Å². The molecule has 196 valence electrons. The van der Waals surface area contributed by atoms with Crippen LogP contribution in [0.4, 0.5) is 9.52 Å². The first kappa shape index (κ1) is 24.8. The van der Waals surface area contributed by atoms with Gasteiger partial charge in [0.05, 0.1) is 21.8 Å². The Kier molecular flexibility index (Phi) is 6.15. The molecule has 4 aromatic rings. The maximum Gasteiger partial charge on any atom is 0.301 e. The lowest BCUT2D eigenvalue weighted by atomic mass is 9.94. The summed E-state index contributed by atoms with van der Waals surface area (Å²) in [6.07, 6.45) is 2.30. The summed E-state index contributed by atoms with van der Waals surface area (Å²) >= 11 is 1.10. The fourth-order valence-corrected chi connectivity index (χ4v) is 5.98. The zero-order chi connectivity index (χ0) is 27.3. The fourth-order valence-electron chi connectivity index (χ4n) is 4.96. The summed E-state index contributed by atoms with van der Waals surface area (Å²) in [5.74, 6) is -1.07. The number of ether oxygens (including phenoxy) is 2. The molecular formula is C30H23FN2O5S. The van der Waals surface area contributed by atoms with Crippen molar-refractivity contribution in [2.75, 3.05) is 11.5 Å². The normalized spacial score (nSPS) is 19.8. The van der Waals surface area contributed by atoms with Crippen molar-refractivity contribution < 1.29 is 28.6 Å². The number of benzene rings is 3. The molecule has 0 radical (unpaired) electrons. The summed E-state index contributed by atoms with van der Waals surface area (Å²) in [5.41, 5.74) is 2.33. The summed E-state index contributed by atoms with van der Waals surface area (Å²) in [5, 5.41) is 11.7. The Labute approximate surface area is 227 Å². The number of ketones is 1. The van der Waals surface area contributed by atoms with Crippen molar-refractivity contribution in [1.82, 2.24) is 4.98 Å². The molecule has 1 saturated heterocycles. The van der Waals surface area contributed by atoms with E-state index in [9.17, 15) is 19.1 Å². The standard InChI is InChI=1S/C30H23FN2O5S/c1-3-12-37-21-8-4-17(5-9-21)26-25(27(34)18-6-11-23-19(14-18)13-16(2)38-23)28(35)29(36)33(26)30-32-22-10-7-20(31)15-24(22)39-30/h3-11,14-16,26,34H,1,12-13H2,2H3/t16-,26-/m1/s1. The maximum atomic E-state index is 13.9. The molecule has 2 atom stereocenters. The van der Waals surface area contributed by atoms with E-state index in [2.05, 4.69) is 11.6 Å². The topological polar surface area (TPSA) is 89.0 Å². The SMILES string of the molecule is C=CCOc1ccc([C@@H]2C(=C(O)c3ccc4c(c3)C[C@@H](C)O4)C(=O)C(=O)N2c2nc3ccc(F)cc3s2)cc1. The van der Waals surface area contributed by atoms with Crippen molar-refractivity contribution in [3.63, 3.8) is 0 Å². The molecular weight excluding hydrogens is 519 g/mol. The molecule has 1 fully saturated rings. The van der Waals surface area contributed by atoms with E-state index in [0.29, 0.717) is 40.1 Å². The van der Waals surface area contributed by atoms with Crippen molar-refractivity contribution in [2.24, 2.45) is 0 Å². The second-order valence-electron chi connectivity index (χ2n) is 9.40. The van der Waals surface area contributed by atoms with Crippen LogP contribution in [0.15, 0.2) is 78.9 Å². The van der Waals surface area contributed by atoms with E-state index in [0.717, 1.165) is 22.6 Å². The number of carbonyl (C=O) groups excluding carboxylic acids is 2. The average Bonchev–Trinajstić information content (AvgIpc) is 3.59. The van der Waals surface area contributed by atoms with Gasteiger partial charge in [-0.2, -0.15) is 0 Å². The number of thiazole rings is 1. The molecule has 2 aliphatic rings. The Bertz CT molecular complexity index is 1680. The van der Waals surface area contributed by atoms with Crippen molar-refractivity contribution in [2.45, 2.75) is 25.5 Å². The highest BCUT2D eigenvalue weighted by atomic mass is 32.1. The van der Waals surface area contributed by atoms with Crippen LogP contribution in [0.3, 0.4) is 0 Å². The first-order valence-electron chi connectivity index (χ1n) is 12.3. The fraction of sp³-hybridized carbons (Fsp3) is 0.167. The van der Waals surface area contributed by atoms with Gasteiger partial charge >= 0.3 is 5.91 Å². The van der Waals surface area contributed by atoms with Crippen molar-refractivity contribution in [3.05, 3.63) is 101 Å². The Morgan fingerprint density at radius 2 is 2.00 bits per heavy atom. The quantitative estimate of drug-likeness (QED) is 0.140. The molecule has 0 spiro atoms. The molecule has 6 rings (SSSR count). The largest absolute Gasteiger partial charge is 0.507 e. The third kappa shape index (κ3) is 4.34. The molecule has 1 N–H and O–H groups in total. The Morgan fingerprint density at radius 3 is 2.77 bits per heavy atom. The predicted octanol–water partition coefficient (Wildman–Crippen LogP) is 5.95. The van der Waals surface area contributed by atoms with Gasteiger partial charge in [0.2, 0.25) is 0 Å². The van der Waals surface area contributed by atoms with Gasteiger partial charge in [-0.3, -0.25) is 14.5 Å². The van der Waals surface area contributed by atoms with Crippen LogP contribution in [0.2, 0.25) is 0 Å². The van der Waals surface area contributed by atoms with Gasteiger partial charge in [0.25, 0.3) is 5.78 Å². The van der Waals surface area contributed by atoms with Crippen LogP contribution in [0.25, 0.3) is 16.0 Å². The van der Waals surface area contributed by atoms with E-state index in [-0.39, 0.29) is 22.6 Å². The highest BCUT2D eigenvalue weighted by Crippen LogP contribution is 2.45. The number of carbonyl (C=O) groups is 2. The Balaban J connectivity index is 1.50. The number of aliphatic hydroxyl groups excluding tert-OH is 1. The Hall–Kier alpha value is -4.50. The Morgan fingerprint density at radius 1 is 1.21 bits per heavy atom. The van der Waals surface area contributed by atoms with Crippen molar-refractivity contribution in [3.8, 4) is 11.5 Å².